The van der Waals surface area contributed by atoms with Crippen LogP contribution in [0.15, 0.2) is 60.7 Å². The van der Waals surface area contributed by atoms with E-state index in [1.807, 2.05) is 43.3 Å². The van der Waals surface area contributed by atoms with E-state index < -0.39 is 7.14 Å². The van der Waals surface area contributed by atoms with Crippen LogP contribution in [0.1, 0.15) is 18.1 Å². The summed E-state index contributed by atoms with van der Waals surface area (Å²) in [5, 5.41) is 0. The summed E-state index contributed by atoms with van der Waals surface area (Å²) in [6.07, 6.45) is 2.18. The van der Waals surface area contributed by atoms with Crippen LogP contribution in [-0.4, -0.2) is 6.16 Å². The van der Waals surface area contributed by atoms with E-state index in [0.29, 0.717) is 12.3 Å². The molecule has 0 saturated carbocycles. The zero-order valence-corrected chi connectivity index (χ0v) is 11.6. The topological polar surface area (TPSA) is 17.1 Å². The molecule has 94 valence electrons. The average molecular weight is 258 g/mol. The van der Waals surface area contributed by atoms with Crippen molar-refractivity contribution < 1.29 is 4.57 Å². The van der Waals surface area contributed by atoms with Crippen LogP contribution >= 0.6 is 7.14 Å². The predicted octanol–water partition coefficient (Wildman–Crippen LogP) is 4.77. The van der Waals surface area contributed by atoms with Crippen LogP contribution in [0, 0.1) is 0 Å². The summed E-state index contributed by atoms with van der Waals surface area (Å²) in [6.45, 7) is 2.03. The molecule has 2 heteroatoms. The number of hydrogen-bond acceptors (Lipinski definition) is 1. The predicted molar refractivity (Wildman–Crippen MR) is 78.4 cm³/mol. The minimum Gasteiger partial charge on any atom is -0.323 e. The van der Waals surface area contributed by atoms with Crippen LogP contribution in [0.2, 0.25) is 0 Å². The lowest BCUT2D eigenvalue weighted by Crippen LogP contribution is -1.96. The van der Waals surface area contributed by atoms with Crippen LogP contribution < -0.4 is 0 Å². The van der Waals surface area contributed by atoms with Gasteiger partial charge in [0.15, 0.2) is 0 Å². The van der Waals surface area contributed by atoms with E-state index in [-0.39, 0.29) is 0 Å². The summed E-state index contributed by atoms with van der Waals surface area (Å²) >= 11 is 0. The standard InChI is InChI=1S/C16H19OP/c1-2-18(17,13-15-9-5-3-6-10-15)14-16-11-7-4-8-12-16/h3-12H,2,13-14H2,1H3. The fourth-order valence-electron chi connectivity index (χ4n) is 2.11. The molecule has 0 fully saturated rings. The van der Waals surface area contributed by atoms with Gasteiger partial charge in [-0.2, -0.15) is 0 Å². The van der Waals surface area contributed by atoms with Crippen molar-refractivity contribution in [3.05, 3.63) is 71.8 Å². The second kappa shape index (κ2) is 6.02. The van der Waals surface area contributed by atoms with Crippen molar-refractivity contribution >= 4 is 7.14 Å². The van der Waals surface area contributed by atoms with Crippen molar-refractivity contribution in [1.82, 2.24) is 0 Å². The molecule has 18 heavy (non-hydrogen) atoms. The zero-order valence-electron chi connectivity index (χ0n) is 10.8. The highest BCUT2D eigenvalue weighted by molar-refractivity contribution is 7.62. The molecule has 0 aliphatic carbocycles. The van der Waals surface area contributed by atoms with Gasteiger partial charge in [0.1, 0.15) is 0 Å². The molecule has 0 aliphatic rings. The first-order valence-corrected chi connectivity index (χ1v) is 8.63. The van der Waals surface area contributed by atoms with Crippen LogP contribution in [0.5, 0.6) is 0 Å². The first-order valence-electron chi connectivity index (χ1n) is 6.37. The smallest absolute Gasteiger partial charge is 0.0958 e. The highest BCUT2D eigenvalue weighted by Crippen LogP contribution is 2.51. The lowest BCUT2D eigenvalue weighted by molar-refractivity contribution is 0.574. The Labute approximate surface area is 109 Å². The third kappa shape index (κ3) is 3.58. The highest BCUT2D eigenvalue weighted by Gasteiger charge is 2.20. The Balaban J connectivity index is 2.14. The molecule has 0 aromatic heterocycles. The Bertz CT molecular complexity index is 474. The van der Waals surface area contributed by atoms with Gasteiger partial charge in [-0.15, -0.1) is 0 Å². The molecule has 0 amide bonds. The summed E-state index contributed by atoms with van der Waals surface area (Å²) in [5.41, 5.74) is 2.36. The van der Waals surface area contributed by atoms with Gasteiger partial charge in [0, 0.05) is 12.3 Å². The average Bonchev–Trinajstić information content (AvgIpc) is 2.41. The molecule has 0 N–H and O–H groups in total. The van der Waals surface area contributed by atoms with E-state index in [9.17, 15) is 4.57 Å². The minimum absolute atomic E-state index is 0.708. The van der Waals surface area contributed by atoms with Gasteiger partial charge in [0.2, 0.25) is 0 Å². The third-order valence-corrected chi connectivity index (χ3v) is 6.24. The van der Waals surface area contributed by atoms with Crippen molar-refractivity contribution in [2.24, 2.45) is 0 Å². The highest BCUT2D eigenvalue weighted by atomic mass is 31.2. The van der Waals surface area contributed by atoms with Gasteiger partial charge in [0.05, 0.1) is 7.14 Å². The largest absolute Gasteiger partial charge is 0.323 e. The normalized spacial score (nSPS) is 11.4. The quantitative estimate of drug-likeness (QED) is 0.706. The van der Waals surface area contributed by atoms with Crippen molar-refractivity contribution in [1.29, 1.82) is 0 Å². The van der Waals surface area contributed by atoms with E-state index >= 15 is 0 Å². The molecule has 0 bridgehead atoms. The number of rotatable bonds is 5. The molecule has 1 nitrogen and oxygen atoms in total. The number of hydrogen-bond donors (Lipinski definition) is 0. The van der Waals surface area contributed by atoms with Gasteiger partial charge in [-0.1, -0.05) is 67.6 Å². The van der Waals surface area contributed by atoms with Crippen LogP contribution in [0.4, 0.5) is 0 Å². The lowest BCUT2D eigenvalue weighted by atomic mass is 10.2. The van der Waals surface area contributed by atoms with E-state index in [1.54, 1.807) is 0 Å². The van der Waals surface area contributed by atoms with Crippen molar-refractivity contribution in [2.45, 2.75) is 19.2 Å². The zero-order chi connectivity index (χ0) is 12.8. The summed E-state index contributed by atoms with van der Waals surface area (Å²) in [4.78, 5) is 0. The summed E-state index contributed by atoms with van der Waals surface area (Å²) in [5.74, 6) is 0. The van der Waals surface area contributed by atoms with Crippen molar-refractivity contribution in [2.75, 3.05) is 6.16 Å². The van der Waals surface area contributed by atoms with E-state index in [2.05, 4.69) is 24.3 Å². The van der Waals surface area contributed by atoms with Gasteiger partial charge in [-0.3, -0.25) is 0 Å². The van der Waals surface area contributed by atoms with Crippen molar-refractivity contribution in [3.63, 3.8) is 0 Å². The monoisotopic (exact) mass is 258 g/mol. The van der Waals surface area contributed by atoms with Gasteiger partial charge in [0.25, 0.3) is 0 Å². The Hall–Kier alpha value is -1.33. The minimum atomic E-state index is -2.14. The molecular weight excluding hydrogens is 239 g/mol. The van der Waals surface area contributed by atoms with E-state index in [4.69, 9.17) is 0 Å². The lowest BCUT2D eigenvalue weighted by Gasteiger charge is -2.16. The second-order valence-corrected chi connectivity index (χ2v) is 8.04. The maximum atomic E-state index is 12.9. The number of benzene rings is 2. The summed E-state index contributed by atoms with van der Waals surface area (Å²) < 4.78 is 12.9. The van der Waals surface area contributed by atoms with Gasteiger partial charge < -0.3 is 4.57 Å². The molecular formula is C16H19OP. The maximum Gasteiger partial charge on any atom is 0.0958 e. The van der Waals surface area contributed by atoms with Crippen LogP contribution in [0.25, 0.3) is 0 Å². The molecule has 0 heterocycles. The SMILES string of the molecule is CCP(=O)(Cc1ccccc1)Cc1ccccc1. The fourth-order valence-corrected chi connectivity index (χ4v) is 4.42. The first-order chi connectivity index (χ1) is 8.72. The summed E-state index contributed by atoms with van der Waals surface area (Å²) in [6, 6.07) is 20.3. The van der Waals surface area contributed by atoms with Gasteiger partial charge in [-0.25, -0.2) is 0 Å². The summed E-state index contributed by atoms with van der Waals surface area (Å²) in [7, 11) is -2.14. The second-order valence-electron chi connectivity index (χ2n) is 4.66. The molecule has 2 rings (SSSR count). The van der Waals surface area contributed by atoms with Crippen LogP contribution in [-0.2, 0) is 16.9 Å². The van der Waals surface area contributed by atoms with Crippen LogP contribution in [0.3, 0.4) is 0 Å². The van der Waals surface area contributed by atoms with Crippen molar-refractivity contribution in [3.8, 4) is 0 Å². The Morgan fingerprint density at radius 1 is 0.778 bits per heavy atom. The molecule has 0 aliphatic heterocycles. The van der Waals surface area contributed by atoms with Gasteiger partial charge in [-0.05, 0) is 17.3 Å². The van der Waals surface area contributed by atoms with E-state index in [0.717, 1.165) is 6.16 Å². The van der Waals surface area contributed by atoms with Gasteiger partial charge >= 0.3 is 0 Å². The molecule has 0 atom stereocenters. The molecule has 2 aromatic rings. The fraction of sp³-hybridized carbons (Fsp3) is 0.250. The molecule has 2 aromatic carbocycles. The Morgan fingerprint density at radius 2 is 1.17 bits per heavy atom. The first kappa shape index (κ1) is 13.1. The van der Waals surface area contributed by atoms with E-state index in [1.165, 1.54) is 11.1 Å². The molecule has 0 saturated heterocycles. The molecule has 0 radical (unpaired) electrons. The maximum absolute atomic E-state index is 12.9. The third-order valence-electron chi connectivity index (χ3n) is 3.20. The Kier molecular flexibility index (Phi) is 4.38. The molecule has 0 unspecified atom stereocenters. The molecule has 0 spiro atoms. The Morgan fingerprint density at radius 3 is 1.50 bits per heavy atom.